The largest absolute Gasteiger partial charge is 0.384 e. The molecule has 0 radical (unpaired) electrons. The van der Waals surface area contributed by atoms with E-state index in [4.69, 9.17) is 4.74 Å². The molecule has 1 saturated carbocycles. The van der Waals surface area contributed by atoms with Gasteiger partial charge in [0.05, 0.1) is 12.5 Å². The average Bonchev–Trinajstić information content (AvgIpc) is 3.05. The minimum atomic E-state index is 0.135. The molecule has 3 fully saturated rings. The predicted octanol–water partition coefficient (Wildman–Crippen LogP) is 2.75. The summed E-state index contributed by atoms with van der Waals surface area (Å²) in [6, 6.07) is 11.5. The van der Waals surface area contributed by atoms with Crippen LogP contribution in [0, 0.1) is 11.3 Å². The first-order chi connectivity index (χ1) is 11.7. The third-order valence-corrected chi connectivity index (χ3v) is 6.25. The molecule has 2 saturated heterocycles. The zero-order valence-corrected chi connectivity index (χ0v) is 14.5. The molecule has 0 unspecified atom stereocenters. The smallest absolute Gasteiger partial charge is 0.224 e. The van der Waals surface area contributed by atoms with Crippen molar-refractivity contribution in [2.75, 3.05) is 26.8 Å². The van der Waals surface area contributed by atoms with Crippen molar-refractivity contribution in [1.82, 2.24) is 10.2 Å². The number of amides is 1. The maximum Gasteiger partial charge on any atom is 0.224 e. The minimum Gasteiger partial charge on any atom is -0.384 e. The SMILES string of the molecule is COCC1(CNC(=O)[C@@H]2C[C@H](c3ccccc3)N3CCC[C@@H]23)CC1. The van der Waals surface area contributed by atoms with Gasteiger partial charge in [-0.15, -0.1) is 0 Å². The van der Waals surface area contributed by atoms with Gasteiger partial charge in [0.1, 0.15) is 0 Å². The second-order valence-corrected chi connectivity index (χ2v) is 7.87. The van der Waals surface area contributed by atoms with Gasteiger partial charge in [-0.3, -0.25) is 9.69 Å². The van der Waals surface area contributed by atoms with Crippen LogP contribution in [0.5, 0.6) is 0 Å². The Balaban J connectivity index is 1.42. The Labute approximate surface area is 144 Å². The van der Waals surface area contributed by atoms with Gasteiger partial charge < -0.3 is 10.1 Å². The number of rotatable bonds is 6. The van der Waals surface area contributed by atoms with Crippen molar-refractivity contribution >= 4 is 5.91 Å². The minimum absolute atomic E-state index is 0.135. The molecule has 3 atom stereocenters. The number of benzene rings is 1. The summed E-state index contributed by atoms with van der Waals surface area (Å²) in [5, 5.41) is 3.25. The molecular weight excluding hydrogens is 300 g/mol. The molecule has 1 amide bonds. The Morgan fingerprint density at radius 2 is 2.12 bits per heavy atom. The lowest BCUT2D eigenvalue weighted by atomic mass is 9.93. The zero-order chi connectivity index (χ0) is 16.6. The van der Waals surface area contributed by atoms with Crippen LogP contribution in [-0.4, -0.2) is 43.7 Å². The number of nitrogens with one attached hydrogen (secondary N) is 1. The first kappa shape index (κ1) is 16.1. The molecule has 2 heterocycles. The number of hydrogen-bond acceptors (Lipinski definition) is 3. The number of carbonyl (C=O) groups is 1. The van der Waals surface area contributed by atoms with Crippen LogP contribution in [0.1, 0.15) is 43.7 Å². The molecule has 24 heavy (non-hydrogen) atoms. The van der Waals surface area contributed by atoms with Crippen molar-refractivity contribution in [3.8, 4) is 0 Å². The Kier molecular flexibility index (Phi) is 4.35. The summed E-state index contributed by atoms with van der Waals surface area (Å²) < 4.78 is 5.31. The van der Waals surface area contributed by atoms with E-state index in [0.29, 0.717) is 12.1 Å². The van der Waals surface area contributed by atoms with Crippen LogP contribution in [0.25, 0.3) is 0 Å². The van der Waals surface area contributed by atoms with Crippen molar-refractivity contribution in [2.45, 2.75) is 44.2 Å². The fourth-order valence-electron chi connectivity index (χ4n) is 4.71. The maximum atomic E-state index is 12.9. The van der Waals surface area contributed by atoms with Crippen molar-refractivity contribution in [1.29, 1.82) is 0 Å². The summed E-state index contributed by atoms with van der Waals surface area (Å²) in [5.41, 5.74) is 1.58. The molecular formula is C20H28N2O2. The van der Waals surface area contributed by atoms with E-state index in [2.05, 4.69) is 40.5 Å². The molecule has 1 N–H and O–H groups in total. The van der Waals surface area contributed by atoms with Gasteiger partial charge in [-0.25, -0.2) is 0 Å². The van der Waals surface area contributed by atoms with E-state index >= 15 is 0 Å². The summed E-state index contributed by atoms with van der Waals surface area (Å²) in [5.74, 6) is 0.392. The topological polar surface area (TPSA) is 41.6 Å². The monoisotopic (exact) mass is 328 g/mol. The van der Waals surface area contributed by atoms with E-state index in [1.54, 1.807) is 7.11 Å². The molecule has 0 aromatic heterocycles. The molecule has 0 bridgehead atoms. The molecule has 130 valence electrons. The third kappa shape index (κ3) is 2.98. The van der Waals surface area contributed by atoms with E-state index in [0.717, 1.165) is 32.5 Å². The predicted molar refractivity (Wildman–Crippen MR) is 93.6 cm³/mol. The van der Waals surface area contributed by atoms with Crippen LogP contribution in [0.15, 0.2) is 30.3 Å². The molecule has 1 aromatic carbocycles. The standard InChI is InChI=1S/C20H28N2O2/c1-24-14-20(9-10-20)13-21-19(23)16-12-18(15-6-3-2-4-7-15)22-11-5-8-17(16)22/h2-4,6-7,16-18H,5,8-14H2,1H3,(H,21,23)/t16-,17+,18-/m1/s1. The fraction of sp³-hybridized carbons (Fsp3) is 0.650. The van der Waals surface area contributed by atoms with E-state index in [1.165, 1.54) is 24.8 Å². The van der Waals surface area contributed by atoms with Crippen LogP contribution in [0.2, 0.25) is 0 Å². The highest BCUT2D eigenvalue weighted by Gasteiger charge is 2.48. The number of ether oxygens (including phenoxy) is 1. The lowest BCUT2D eigenvalue weighted by Gasteiger charge is -2.24. The van der Waals surface area contributed by atoms with Gasteiger partial charge in [-0.2, -0.15) is 0 Å². The second kappa shape index (κ2) is 6.49. The van der Waals surface area contributed by atoms with Gasteiger partial charge in [0.2, 0.25) is 5.91 Å². The summed E-state index contributed by atoms with van der Waals surface area (Å²) in [6.07, 6.45) is 5.68. The highest BCUT2D eigenvalue weighted by atomic mass is 16.5. The Hall–Kier alpha value is -1.39. The Morgan fingerprint density at radius 1 is 1.33 bits per heavy atom. The molecule has 2 aliphatic heterocycles. The van der Waals surface area contributed by atoms with Crippen LogP contribution in [0.4, 0.5) is 0 Å². The molecule has 0 spiro atoms. The van der Waals surface area contributed by atoms with Gasteiger partial charge in [0.25, 0.3) is 0 Å². The van der Waals surface area contributed by atoms with Crippen molar-refractivity contribution < 1.29 is 9.53 Å². The normalized spacial score (nSPS) is 31.0. The van der Waals surface area contributed by atoms with Crippen LogP contribution >= 0.6 is 0 Å². The Morgan fingerprint density at radius 3 is 2.83 bits per heavy atom. The first-order valence-electron chi connectivity index (χ1n) is 9.30. The van der Waals surface area contributed by atoms with Gasteiger partial charge in [0, 0.05) is 31.2 Å². The molecule has 4 rings (SSSR count). The lowest BCUT2D eigenvalue weighted by molar-refractivity contribution is -0.125. The van der Waals surface area contributed by atoms with Gasteiger partial charge in [0.15, 0.2) is 0 Å². The first-order valence-corrected chi connectivity index (χ1v) is 9.30. The van der Waals surface area contributed by atoms with E-state index < -0.39 is 0 Å². The molecule has 1 aliphatic carbocycles. The number of carbonyl (C=O) groups excluding carboxylic acids is 1. The second-order valence-electron chi connectivity index (χ2n) is 7.87. The quantitative estimate of drug-likeness (QED) is 0.873. The van der Waals surface area contributed by atoms with Crippen molar-refractivity contribution in [2.24, 2.45) is 11.3 Å². The molecule has 1 aromatic rings. The highest BCUT2D eigenvalue weighted by Crippen LogP contribution is 2.47. The highest BCUT2D eigenvalue weighted by molar-refractivity contribution is 5.80. The summed E-state index contributed by atoms with van der Waals surface area (Å²) in [7, 11) is 1.75. The van der Waals surface area contributed by atoms with Gasteiger partial charge >= 0.3 is 0 Å². The summed E-state index contributed by atoms with van der Waals surface area (Å²) >= 11 is 0. The van der Waals surface area contributed by atoms with E-state index in [9.17, 15) is 4.79 Å². The van der Waals surface area contributed by atoms with Crippen LogP contribution in [-0.2, 0) is 9.53 Å². The summed E-state index contributed by atoms with van der Waals surface area (Å²) in [6.45, 7) is 2.67. The number of methoxy groups -OCH3 is 1. The van der Waals surface area contributed by atoms with Gasteiger partial charge in [-0.1, -0.05) is 30.3 Å². The molecule has 4 nitrogen and oxygen atoms in total. The Bertz CT molecular complexity index is 585. The van der Waals surface area contributed by atoms with E-state index in [1.807, 2.05) is 0 Å². The lowest BCUT2D eigenvalue weighted by Crippen LogP contribution is -2.40. The zero-order valence-electron chi connectivity index (χ0n) is 14.5. The summed E-state index contributed by atoms with van der Waals surface area (Å²) in [4.78, 5) is 15.4. The average molecular weight is 328 g/mol. The van der Waals surface area contributed by atoms with Crippen LogP contribution < -0.4 is 5.32 Å². The van der Waals surface area contributed by atoms with Gasteiger partial charge in [-0.05, 0) is 44.2 Å². The number of fused-ring (bicyclic) bond motifs is 1. The van der Waals surface area contributed by atoms with Crippen molar-refractivity contribution in [3.05, 3.63) is 35.9 Å². The third-order valence-electron chi connectivity index (χ3n) is 6.25. The number of hydrogen-bond donors (Lipinski definition) is 1. The van der Waals surface area contributed by atoms with Crippen LogP contribution in [0.3, 0.4) is 0 Å². The maximum absolute atomic E-state index is 12.9. The molecule has 4 heteroatoms. The van der Waals surface area contributed by atoms with E-state index in [-0.39, 0.29) is 17.2 Å². The fourth-order valence-corrected chi connectivity index (χ4v) is 4.71. The number of nitrogens with zero attached hydrogens (tertiary/aromatic N) is 1. The van der Waals surface area contributed by atoms with Crippen molar-refractivity contribution in [3.63, 3.8) is 0 Å². The molecule has 3 aliphatic rings.